The summed E-state index contributed by atoms with van der Waals surface area (Å²) in [5, 5.41) is 3.34. The van der Waals surface area contributed by atoms with Crippen molar-refractivity contribution in [3.8, 4) is 23.0 Å². The highest BCUT2D eigenvalue weighted by Crippen LogP contribution is 2.35. The van der Waals surface area contributed by atoms with Gasteiger partial charge >= 0.3 is 0 Å². The average Bonchev–Trinajstić information content (AvgIpc) is 2.72. The SMILES string of the molecule is COc1cccc(OC)c1COc1c(OC)cccc1C1=NCCCN1. The fourth-order valence-electron chi connectivity index (χ4n) is 2.94. The standard InChI is InChI=1S/C20H24N2O4/c1-23-16-8-5-9-17(24-2)15(16)13-26-19-14(7-4-10-18(19)25-3)20-21-11-6-12-22-20/h4-5,7-10H,6,11-13H2,1-3H3,(H,21,22). The van der Waals surface area contributed by atoms with Gasteiger partial charge in [0, 0.05) is 13.1 Å². The molecule has 0 aromatic heterocycles. The van der Waals surface area contributed by atoms with Crippen LogP contribution in [-0.4, -0.2) is 40.3 Å². The summed E-state index contributed by atoms with van der Waals surface area (Å²) < 4.78 is 22.6. The summed E-state index contributed by atoms with van der Waals surface area (Å²) in [5.41, 5.74) is 1.73. The Bertz CT molecular complexity index is 767. The quantitative estimate of drug-likeness (QED) is 0.826. The van der Waals surface area contributed by atoms with Crippen molar-refractivity contribution in [3.05, 3.63) is 47.5 Å². The molecule has 2 aromatic rings. The molecule has 0 saturated heterocycles. The number of hydrogen-bond acceptors (Lipinski definition) is 6. The zero-order chi connectivity index (χ0) is 18.4. The molecular weight excluding hydrogens is 332 g/mol. The lowest BCUT2D eigenvalue weighted by molar-refractivity contribution is 0.270. The average molecular weight is 356 g/mol. The number of aliphatic imine (C=N–C) groups is 1. The Hall–Kier alpha value is -2.89. The maximum atomic E-state index is 6.18. The molecule has 0 spiro atoms. The molecule has 26 heavy (non-hydrogen) atoms. The highest BCUT2D eigenvalue weighted by Gasteiger charge is 2.19. The summed E-state index contributed by atoms with van der Waals surface area (Å²) >= 11 is 0. The minimum Gasteiger partial charge on any atom is -0.496 e. The Balaban J connectivity index is 1.94. The lowest BCUT2D eigenvalue weighted by Crippen LogP contribution is -2.30. The number of ether oxygens (including phenoxy) is 4. The zero-order valence-corrected chi connectivity index (χ0v) is 15.4. The lowest BCUT2D eigenvalue weighted by Gasteiger charge is -2.20. The maximum Gasteiger partial charge on any atom is 0.172 e. The van der Waals surface area contributed by atoms with Gasteiger partial charge in [0.05, 0.1) is 32.5 Å². The number of amidine groups is 1. The first-order chi connectivity index (χ1) is 12.8. The molecule has 6 heteroatoms. The number of nitrogens with zero attached hydrogens (tertiary/aromatic N) is 1. The van der Waals surface area contributed by atoms with Crippen LogP contribution in [0.15, 0.2) is 41.4 Å². The van der Waals surface area contributed by atoms with Crippen LogP contribution in [-0.2, 0) is 6.61 Å². The molecule has 0 atom stereocenters. The molecule has 0 bridgehead atoms. The second-order valence-corrected chi connectivity index (χ2v) is 5.78. The van der Waals surface area contributed by atoms with Gasteiger partial charge in [-0.05, 0) is 30.7 Å². The van der Waals surface area contributed by atoms with Crippen LogP contribution in [0, 0.1) is 0 Å². The molecule has 6 nitrogen and oxygen atoms in total. The van der Waals surface area contributed by atoms with Crippen LogP contribution >= 0.6 is 0 Å². The number of methoxy groups -OCH3 is 3. The van der Waals surface area contributed by atoms with Gasteiger partial charge < -0.3 is 24.3 Å². The van der Waals surface area contributed by atoms with Gasteiger partial charge in [0.2, 0.25) is 0 Å². The number of benzene rings is 2. The van der Waals surface area contributed by atoms with E-state index >= 15 is 0 Å². The van der Waals surface area contributed by atoms with Crippen molar-refractivity contribution in [1.82, 2.24) is 5.32 Å². The van der Waals surface area contributed by atoms with E-state index in [0.717, 1.165) is 36.5 Å². The van der Waals surface area contributed by atoms with E-state index in [-0.39, 0.29) is 6.61 Å². The van der Waals surface area contributed by atoms with Gasteiger partial charge in [-0.2, -0.15) is 0 Å². The minimum atomic E-state index is 0.286. The van der Waals surface area contributed by atoms with Crippen LogP contribution in [0.5, 0.6) is 23.0 Å². The van der Waals surface area contributed by atoms with Crippen molar-refractivity contribution in [2.45, 2.75) is 13.0 Å². The van der Waals surface area contributed by atoms with Crippen molar-refractivity contribution >= 4 is 5.84 Å². The molecule has 1 aliphatic heterocycles. The predicted molar refractivity (Wildman–Crippen MR) is 101 cm³/mol. The zero-order valence-electron chi connectivity index (χ0n) is 15.4. The summed E-state index contributed by atoms with van der Waals surface area (Å²) in [5.74, 6) is 3.57. The van der Waals surface area contributed by atoms with E-state index < -0.39 is 0 Å². The normalized spacial score (nSPS) is 13.4. The molecule has 0 amide bonds. The predicted octanol–water partition coefficient (Wildman–Crippen LogP) is 3.03. The molecule has 1 N–H and O–H groups in total. The highest BCUT2D eigenvalue weighted by molar-refractivity contribution is 6.02. The fraction of sp³-hybridized carbons (Fsp3) is 0.350. The Morgan fingerprint density at radius 2 is 1.58 bits per heavy atom. The van der Waals surface area contributed by atoms with Gasteiger partial charge in [0.1, 0.15) is 23.9 Å². The third-order valence-corrected chi connectivity index (χ3v) is 4.24. The van der Waals surface area contributed by atoms with E-state index in [9.17, 15) is 0 Å². The van der Waals surface area contributed by atoms with Crippen LogP contribution in [0.4, 0.5) is 0 Å². The summed E-state index contributed by atoms with van der Waals surface area (Å²) in [6.07, 6.45) is 1.03. The van der Waals surface area contributed by atoms with Crippen molar-refractivity contribution in [3.63, 3.8) is 0 Å². The van der Waals surface area contributed by atoms with Crippen LogP contribution in [0.3, 0.4) is 0 Å². The molecule has 3 rings (SSSR count). The lowest BCUT2D eigenvalue weighted by atomic mass is 10.1. The first kappa shape index (κ1) is 17.9. The Morgan fingerprint density at radius 1 is 0.923 bits per heavy atom. The highest BCUT2D eigenvalue weighted by atomic mass is 16.5. The largest absolute Gasteiger partial charge is 0.496 e. The van der Waals surface area contributed by atoms with Crippen LogP contribution < -0.4 is 24.3 Å². The molecule has 0 unspecified atom stereocenters. The summed E-state index contributed by atoms with van der Waals surface area (Å²) in [6.45, 7) is 1.99. The molecule has 138 valence electrons. The first-order valence-electron chi connectivity index (χ1n) is 8.56. The number of para-hydroxylation sites is 1. The van der Waals surface area contributed by atoms with Gasteiger partial charge in [-0.15, -0.1) is 0 Å². The number of hydrogen-bond donors (Lipinski definition) is 1. The van der Waals surface area contributed by atoms with Crippen molar-refractivity contribution in [1.29, 1.82) is 0 Å². The Kier molecular flexibility index (Phi) is 5.84. The van der Waals surface area contributed by atoms with Crippen molar-refractivity contribution < 1.29 is 18.9 Å². The molecule has 1 heterocycles. The third kappa shape index (κ3) is 3.69. The maximum absolute atomic E-state index is 6.18. The molecule has 1 aliphatic rings. The Morgan fingerprint density at radius 3 is 2.19 bits per heavy atom. The van der Waals surface area contributed by atoms with E-state index in [4.69, 9.17) is 18.9 Å². The molecular formula is C20H24N2O4. The minimum absolute atomic E-state index is 0.286. The first-order valence-corrected chi connectivity index (χ1v) is 8.56. The third-order valence-electron chi connectivity index (χ3n) is 4.24. The number of nitrogens with one attached hydrogen (secondary N) is 1. The fourth-order valence-corrected chi connectivity index (χ4v) is 2.94. The van der Waals surface area contributed by atoms with Gasteiger partial charge in [0.25, 0.3) is 0 Å². The van der Waals surface area contributed by atoms with E-state index in [2.05, 4.69) is 10.3 Å². The second kappa shape index (κ2) is 8.47. The van der Waals surface area contributed by atoms with Crippen LogP contribution in [0.1, 0.15) is 17.5 Å². The Labute approximate surface area is 153 Å². The molecule has 0 saturated carbocycles. The number of rotatable bonds is 7. The van der Waals surface area contributed by atoms with E-state index in [1.807, 2.05) is 36.4 Å². The van der Waals surface area contributed by atoms with Gasteiger partial charge in [-0.25, -0.2) is 0 Å². The molecule has 2 aromatic carbocycles. The van der Waals surface area contributed by atoms with Crippen molar-refractivity contribution in [2.24, 2.45) is 4.99 Å². The van der Waals surface area contributed by atoms with Gasteiger partial charge in [-0.3, -0.25) is 4.99 Å². The van der Waals surface area contributed by atoms with Gasteiger partial charge in [0.15, 0.2) is 11.5 Å². The van der Waals surface area contributed by atoms with E-state index in [0.29, 0.717) is 23.0 Å². The smallest absolute Gasteiger partial charge is 0.172 e. The van der Waals surface area contributed by atoms with Crippen molar-refractivity contribution in [2.75, 3.05) is 34.4 Å². The van der Waals surface area contributed by atoms with E-state index in [1.165, 1.54) is 0 Å². The van der Waals surface area contributed by atoms with Gasteiger partial charge in [-0.1, -0.05) is 12.1 Å². The summed E-state index contributed by atoms with van der Waals surface area (Å²) in [6, 6.07) is 11.4. The van der Waals surface area contributed by atoms with E-state index in [1.54, 1.807) is 21.3 Å². The summed E-state index contributed by atoms with van der Waals surface area (Å²) in [7, 11) is 4.90. The monoisotopic (exact) mass is 356 g/mol. The topological polar surface area (TPSA) is 61.3 Å². The molecule has 0 aliphatic carbocycles. The molecule has 0 radical (unpaired) electrons. The van der Waals surface area contributed by atoms with Crippen LogP contribution in [0.2, 0.25) is 0 Å². The second-order valence-electron chi connectivity index (χ2n) is 5.78. The van der Waals surface area contributed by atoms with Crippen LogP contribution in [0.25, 0.3) is 0 Å². The molecule has 0 fully saturated rings. The summed E-state index contributed by atoms with van der Waals surface area (Å²) in [4.78, 5) is 4.58.